The first-order valence-electron chi connectivity index (χ1n) is 5.96. The summed E-state index contributed by atoms with van der Waals surface area (Å²) in [5.41, 5.74) is 5.24. The molecule has 0 aliphatic heterocycles. The lowest BCUT2D eigenvalue weighted by molar-refractivity contribution is -0.141. The van der Waals surface area contributed by atoms with E-state index in [-0.39, 0.29) is 30.8 Å². The molecule has 2 atom stereocenters. The Balaban J connectivity index is 4.56. The van der Waals surface area contributed by atoms with Crippen LogP contribution < -0.4 is 11.1 Å². The van der Waals surface area contributed by atoms with Crippen LogP contribution in [0.2, 0.25) is 0 Å². The number of carboxylic acid groups (broad SMARTS) is 2. The Labute approximate surface area is 135 Å². The summed E-state index contributed by atoms with van der Waals surface area (Å²) >= 11 is 3.79. The molecular formula is C10H17N3O7S2. The summed E-state index contributed by atoms with van der Waals surface area (Å²) in [7, 11) is 0. The number of hydrogen-bond donors (Lipinski definition) is 6. The van der Waals surface area contributed by atoms with E-state index in [0.29, 0.717) is 4.31 Å². The standard InChI is InChI=1S/C10H17N3O7S2/c11-5(10(18)19)1-2-7(14)12-6(4-21)9(17)13(22-20)3-8(15)16/h5-6,20-21H,1-4,11H2,(H,12,14)(H,15,16)(H,18,19). The van der Waals surface area contributed by atoms with E-state index in [0.717, 1.165) is 0 Å². The summed E-state index contributed by atoms with van der Waals surface area (Å²) in [6, 6.07) is -2.36. The maximum Gasteiger partial charge on any atom is 0.324 e. The average Bonchev–Trinajstić information content (AvgIpc) is 2.46. The summed E-state index contributed by atoms with van der Waals surface area (Å²) < 4.78 is 9.45. The molecule has 6 N–H and O–H groups in total. The Bertz CT molecular complexity index is 435. The zero-order valence-electron chi connectivity index (χ0n) is 11.3. The average molecular weight is 355 g/mol. The van der Waals surface area contributed by atoms with E-state index < -0.39 is 42.4 Å². The van der Waals surface area contributed by atoms with E-state index in [1.807, 2.05) is 0 Å². The fourth-order valence-corrected chi connectivity index (χ4v) is 1.93. The molecule has 0 aromatic rings. The number of carboxylic acids is 2. The van der Waals surface area contributed by atoms with Crippen molar-refractivity contribution in [2.45, 2.75) is 24.9 Å². The summed E-state index contributed by atoms with van der Waals surface area (Å²) in [5.74, 6) is -4.21. The number of thiol groups is 1. The summed E-state index contributed by atoms with van der Waals surface area (Å²) in [5, 5.41) is 19.5. The lowest BCUT2D eigenvalue weighted by Gasteiger charge is -2.22. The first-order chi connectivity index (χ1) is 10.2. The molecule has 10 nitrogen and oxygen atoms in total. The van der Waals surface area contributed by atoms with Gasteiger partial charge in [0.25, 0.3) is 5.91 Å². The number of rotatable bonds is 10. The smallest absolute Gasteiger partial charge is 0.324 e. The fraction of sp³-hybridized carbons (Fsp3) is 0.600. The van der Waals surface area contributed by atoms with Crippen LogP contribution in [-0.4, -0.2) is 67.2 Å². The van der Waals surface area contributed by atoms with Crippen LogP contribution in [0.25, 0.3) is 0 Å². The van der Waals surface area contributed by atoms with E-state index in [1.54, 1.807) is 0 Å². The zero-order valence-corrected chi connectivity index (χ0v) is 13.0. The van der Waals surface area contributed by atoms with Crippen molar-refractivity contribution in [3.8, 4) is 0 Å². The number of carbonyl (C=O) groups is 4. The van der Waals surface area contributed by atoms with Crippen molar-refractivity contribution < 1.29 is 33.9 Å². The number of nitrogens with two attached hydrogens (primary N) is 1. The second-order valence-corrected chi connectivity index (χ2v) is 5.11. The number of nitrogens with one attached hydrogen (secondary N) is 1. The van der Waals surface area contributed by atoms with Gasteiger partial charge in [0.2, 0.25) is 5.91 Å². The molecule has 0 bridgehead atoms. The van der Waals surface area contributed by atoms with Crippen LogP contribution in [0, 0.1) is 0 Å². The minimum absolute atomic E-state index is 0.0807. The van der Waals surface area contributed by atoms with Gasteiger partial charge in [0.05, 0.1) is 0 Å². The van der Waals surface area contributed by atoms with Crippen LogP contribution in [0.3, 0.4) is 0 Å². The predicted molar refractivity (Wildman–Crippen MR) is 80.2 cm³/mol. The first kappa shape index (κ1) is 20.5. The molecule has 0 rings (SSSR count). The normalized spacial score (nSPS) is 13.0. The van der Waals surface area contributed by atoms with Gasteiger partial charge in [0, 0.05) is 12.2 Å². The highest BCUT2D eigenvalue weighted by Gasteiger charge is 2.27. The van der Waals surface area contributed by atoms with Gasteiger partial charge in [0.1, 0.15) is 30.9 Å². The van der Waals surface area contributed by atoms with E-state index >= 15 is 0 Å². The molecule has 22 heavy (non-hydrogen) atoms. The SMILES string of the molecule is NC(CCC(=O)NC(CS)C(=O)N(CC(=O)O)SO)C(=O)O. The molecule has 2 amide bonds. The van der Waals surface area contributed by atoms with Gasteiger partial charge in [-0.2, -0.15) is 12.6 Å². The predicted octanol–water partition coefficient (Wildman–Crippen LogP) is -1.37. The van der Waals surface area contributed by atoms with Crippen molar-refractivity contribution in [1.82, 2.24) is 9.62 Å². The highest BCUT2D eigenvalue weighted by atomic mass is 32.2. The molecule has 0 spiro atoms. The maximum absolute atomic E-state index is 11.9. The lowest BCUT2D eigenvalue weighted by Crippen LogP contribution is -2.49. The molecule has 2 unspecified atom stereocenters. The molecule has 0 saturated carbocycles. The molecular weight excluding hydrogens is 338 g/mol. The van der Waals surface area contributed by atoms with Crippen molar-refractivity contribution in [2.24, 2.45) is 5.73 Å². The van der Waals surface area contributed by atoms with Crippen molar-refractivity contribution in [1.29, 1.82) is 0 Å². The number of aliphatic carboxylic acids is 2. The second kappa shape index (κ2) is 10.3. The van der Waals surface area contributed by atoms with Crippen LogP contribution in [-0.2, 0) is 19.2 Å². The Hall–Kier alpha value is -1.50. The van der Waals surface area contributed by atoms with Crippen LogP contribution in [0.15, 0.2) is 0 Å². The van der Waals surface area contributed by atoms with Gasteiger partial charge in [-0.05, 0) is 6.42 Å². The van der Waals surface area contributed by atoms with Gasteiger partial charge in [-0.25, -0.2) is 4.31 Å². The van der Waals surface area contributed by atoms with E-state index in [2.05, 4.69) is 17.9 Å². The molecule has 0 aliphatic rings. The van der Waals surface area contributed by atoms with E-state index in [4.69, 9.17) is 20.5 Å². The molecule has 12 heteroatoms. The van der Waals surface area contributed by atoms with Crippen molar-refractivity contribution in [3.63, 3.8) is 0 Å². The molecule has 0 aromatic heterocycles. The third-order valence-electron chi connectivity index (χ3n) is 2.44. The minimum Gasteiger partial charge on any atom is -0.480 e. The van der Waals surface area contributed by atoms with E-state index in [1.165, 1.54) is 0 Å². The molecule has 126 valence electrons. The van der Waals surface area contributed by atoms with Gasteiger partial charge in [-0.15, -0.1) is 0 Å². The highest BCUT2D eigenvalue weighted by molar-refractivity contribution is 7.91. The highest BCUT2D eigenvalue weighted by Crippen LogP contribution is 2.08. The summed E-state index contributed by atoms with van der Waals surface area (Å²) in [6.07, 6.45) is -0.349. The van der Waals surface area contributed by atoms with E-state index in [9.17, 15) is 19.2 Å². The van der Waals surface area contributed by atoms with Crippen LogP contribution in [0.4, 0.5) is 0 Å². The Morgan fingerprint density at radius 3 is 2.27 bits per heavy atom. The van der Waals surface area contributed by atoms with Crippen LogP contribution in [0.1, 0.15) is 12.8 Å². The first-order valence-corrected chi connectivity index (χ1v) is 7.32. The van der Waals surface area contributed by atoms with Gasteiger partial charge in [-0.1, -0.05) is 0 Å². The van der Waals surface area contributed by atoms with Gasteiger partial charge < -0.3 is 25.8 Å². The van der Waals surface area contributed by atoms with Crippen LogP contribution >= 0.6 is 24.9 Å². The van der Waals surface area contributed by atoms with Gasteiger partial charge >= 0.3 is 11.9 Å². The summed E-state index contributed by atoms with van der Waals surface area (Å²) in [4.78, 5) is 44.6. The van der Waals surface area contributed by atoms with Crippen molar-refractivity contribution in [2.75, 3.05) is 12.3 Å². The summed E-state index contributed by atoms with van der Waals surface area (Å²) in [6.45, 7) is -0.760. The number of amides is 2. The maximum atomic E-state index is 11.9. The second-order valence-electron chi connectivity index (χ2n) is 4.14. The number of nitrogens with zero attached hydrogens (tertiary/aromatic N) is 1. The van der Waals surface area contributed by atoms with Gasteiger partial charge in [0.15, 0.2) is 0 Å². The largest absolute Gasteiger partial charge is 0.480 e. The minimum atomic E-state index is -1.34. The fourth-order valence-electron chi connectivity index (χ4n) is 1.31. The Kier molecular flexibility index (Phi) is 9.56. The third-order valence-corrected chi connectivity index (χ3v) is 3.31. The Morgan fingerprint density at radius 1 is 1.27 bits per heavy atom. The number of hydrogen-bond acceptors (Lipinski definition) is 8. The quantitative estimate of drug-likeness (QED) is 0.157. The molecule has 0 aliphatic carbocycles. The lowest BCUT2D eigenvalue weighted by atomic mass is 10.1. The monoisotopic (exact) mass is 355 g/mol. The molecule has 0 heterocycles. The molecule has 0 fully saturated rings. The molecule has 0 radical (unpaired) electrons. The molecule has 0 saturated heterocycles. The van der Waals surface area contributed by atoms with Crippen molar-refractivity contribution >= 4 is 48.6 Å². The Morgan fingerprint density at radius 2 is 1.86 bits per heavy atom. The topological polar surface area (TPSA) is 170 Å². The number of carbonyl (C=O) groups excluding carboxylic acids is 2. The molecule has 0 aromatic carbocycles. The van der Waals surface area contributed by atoms with Gasteiger partial charge in [-0.3, -0.25) is 19.2 Å². The van der Waals surface area contributed by atoms with Crippen LogP contribution in [0.5, 0.6) is 0 Å². The van der Waals surface area contributed by atoms with Crippen molar-refractivity contribution in [3.05, 3.63) is 0 Å². The third kappa shape index (κ3) is 7.49. The zero-order chi connectivity index (χ0) is 17.3.